The van der Waals surface area contributed by atoms with E-state index in [2.05, 4.69) is 10.6 Å². The Morgan fingerprint density at radius 2 is 1.72 bits per heavy atom. The third kappa shape index (κ3) is 7.65. The highest BCUT2D eigenvalue weighted by Crippen LogP contribution is 2.03. The van der Waals surface area contributed by atoms with Crippen LogP contribution in [0.2, 0.25) is 0 Å². The molecule has 104 valence electrons. The summed E-state index contributed by atoms with van der Waals surface area (Å²) >= 11 is 0. The summed E-state index contributed by atoms with van der Waals surface area (Å²) in [4.78, 5) is 32.9. The highest BCUT2D eigenvalue weighted by atomic mass is 16.4. The summed E-state index contributed by atoms with van der Waals surface area (Å²) in [6.45, 7) is 5.12. The quantitative estimate of drug-likeness (QED) is 0.557. The van der Waals surface area contributed by atoms with Crippen LogP contribution in [0.5, 0.6) is 0 Å². The van der Waals surface area contributed by atoms with Crippen LogP contribution in [-0.4, -0.2) is 35.0 Å². The van der Waals surface area contributed by atoms with Crippen LogP contribution >= 0.6 is 0 Å². The van der Waals surface area contributed by atoms with E-state index in [1.165, 1.54) is 6.92 Å². The van der Waals surface area contributed by atoms with Gasteiger partial charge in [-0.15, -0.1) is 0 Å². The summed E-state index contributed by atoms with van der Waals surface area (Å²) in [5, 5.41) is 13.7. The Labute approximate surface area is 107 Å². The number of hydrogen-bond acceptors (Lipinski definition) is 3. The number of carbonyl (C=O) groups excluding carboxylic acids is 2. The monoisotopic (exact) mass is 258 g/mol. The normalized spacial score (nSPS) is 10.8. The summed E-state index contributed by atoms with van der Waals surface area (Å²) in [7, 11) is 0. The average Bonchev–Trinajstić information content (AvgIpc) is 2.20. The molecular formula is C12H22N2O4. The molecule has 0 aromatic heterocycles. The molecule has 0 heterocycles. The number of amides is 2. The SMILES string of the molecule is CC(=O)NC(C)(C)C(=O)NCCCCCC(=O)O. The van der Waals surface area contributed by atoms with Gasteiger partial charge < -0.3 is 15.7 Å². The Morgan fingerprint density at radius 3 is 2.22 bits per heavy atom. The maximum atomic E-state index is 11.7. The van der Waals surface area contributed by atoms with Gasteiger partial charge in [0.25, 0.3) is 0 Å². The number of nitrogens with one attached hydrogen (secondary N) is 2. The number of carbonyl (C=O) groups is 3. The van der Waals surface area contributed by atoms with E-state index in [-0.39, 0.29) is 18.2 Å². The lowest BCUT2D eigenvalue weighted by Gasteiger charge is -2.24. The van der Waals surface area contributed by atoms with Gasteiger partial charge in [-0.3, -0.25) is 14.4 Å². The molecule has 6 heteroatoms. The van der Waals surface area contributed by atoms with Crippen LogP contribution in [0.15, 0.2) is 0 Å². The van der Waals surface area contributed by atoms with Crippen LogP contribution < -0.4 is 10.6 Å². The highest BCUT2D eigenvalue weighted by molar-refractivity contribution is 5.89. The first-order valence-corrected chi connectivity index (χ1v) is 6.04. The average molecular weight is 258 g/mol. The molecule has 2 amide bonds. The van der Waals surface area contributed by atoms with Crippen molar-refractivity contribution in [3.05, 3.63) is 0 Å². The van der Waals surface area contributed by atoms with Crippen LogP contribution in [-0.2, 0) is 14.4 Å². The minimum atomic E-state index is -0.924. The molecule has 0 aromatic carbocycles. The minimum Gasteiger partial charge on any atom is -0.481 e. The number of hydrogen-bond donors (Lipinski definition) is 3. The molecule has 3 N–H and O–H groups in total. The van der Waals surface area contributed by atoms with Crippen molar-refractivity contribution < 1.29 is 19.5 Å². The molecule has 0 aliphatic rings. The molecule has 0 spiro atoms. The Kier molecular flexibility index (Phi) is 7.00. The number of carboxylic acids is 1. The summed E-state index contributed by atoms with van der Waals surface area (Å²) in [5.74, 6) is -1.29. The fourth-order valence-electron chi connectivity index (χ4n) is 1.50. The first kappa shape index (κ1) is 16.4. The van der Waals surface area contributed by atoms with Gasteiger partial charge in [0.15, 0.2) is 0 Å². The molecule has 0 unspecified atom stereocenters. The van der Waals surface area contributed by atoms with E-state index in [1.54, 1.807) is 13.8 Å². The molecule has 0 atom stereocenters. The van der Waals surface area contributed by atoms with Gasteiger partial charge in [-0.1, -0.05) is 6.42 Å². The molecule has 0 aromatic rings. The van der Waals surface area contributed by atoms with E-state index in [9.17, 15) is 14.4 Å². The van der Waals surface area contributed by atoms with Crippen LogP contribution in [0.3, 0.4) is 0 Å². The van der Waals surface area contributed by atoms with Gasteiger partial charge in [-0.2, -0.15) is 0 Å². The first-order chi connectivity index (χ1) is 8.25. The van der Waals surface area contributed by atoms with Crippen molar-refractivity contribution in [1.82, 2.24) is 10.6 Å². The van der Waals surface area contributed by atoms with E-state index < -0.39 is 11.5 Å². The highest BCUT2D eigenvalue weighted by Gasteiger charge is 2.27. The van der Waals surface area contributed by atoms with E-state index in [0.717, 1.165) is 12.8 Å². The molecule has 18 heavy (non-hydrogen) atoms. The van der Waals surface area contributed by atoms with Gasteiger partial charge in [0.1, 0.15) is 5.54 Å². The number of unbranched alkanes of at least 4 members (excludes halogenated alkanes) is 2. The van der Waals surface area contributed by atoms with Crippen molar-refractivity contribution in [2.24, 2.45) is 0 Å². The second-order valence-electron chi connectivity index (χ2n) is 4.77. The van der Waals surface area contributed by atoms with Crippen molar-refractivity contribution in [1.29, 1.82) is 0 Å². The van der Waals surface area contributed by atoms with Crippen LogP contribution in [0.4, 0.5) is 0 Å². The summed E-state index contributed by atoms with van der Waals surface area (Å²) in [5.41, 5.74) is -0.924. The molecule has 0 saturated carbocycles. The second-order valence-corrected chi connectivity index (χ2v) is 4.77. The second kappa shape index (κ2) is 7.68. The Bertz CT molecular complexity index is 313. The van der Waals surface area contributed by atoms with Gasteiger partial charge in [-0.05, 0) is 26.7 Å². The number of aliphatic carboxylic acids is 1. The zero-order valence-corrected chi connectivity index (χ0v) is 11.2. The van der Waals surface area contributed by atoms with Crippen molar-refractivity contribution in [3.63, 3.8) is 0 Å². The van der Waals surface area contributed by atoms with Crippen molar-refractivity contribution in [2.45, 2.75) is 52.0 Å². The zero-order chi connectivity index (χ0) is 14.2. The molecule has 0 bridgehead atoms. The minimum absolute atomic E-state index is 0.158. The van der Waals surface area contributed by atoms with Crippen molar-refractivity contribution in [3.8, 4) is 0 Å². The summed E-state index contributed by atoms with van der Waals surface area (Å²) < 4.78 is 0. The Hall–Kier alpha value is -1.59. The van der Waals surface area contributed by atoms with Gasteiger partial charge in [0.2, 0.25) is 11.8 Å². The van der Waals surface area contributed by atoms with E-state index in [1.807, 2.05) is 0 Å². The van der Waals surface area contributed by atoms with Crippen molar-refractivity contribution in [2.75, 3.05) is 6.54 Å². The number of rotatable bonds is 8. The van der Waals surface area contributed by atoms with Gasteiger partial charge in [0.05, 0.1) is 0 Å². The molecule has 0 aliphatic carbocycles. The molecular weight excluding hydrogens is 236 g/mol. The summed E-state index contributed by atoms with van der Waals surface area (Å²) in [6, 6.07) is 0. The van der Waals surface area contributed by atoms with Gasteiger partial charge >= 0.3 is 5.97 Å². The molecule has 0 saturated heterocycles. The van der Waals surface area contributed by atoms with E-state index in [0.29, 0.717) is 13.0 Å². The predicted octanol–water partition coefficient (Wildman–Crippen LogP) is 0.662. The molecule has 0 radical (unpaired) electrons. The lowest BCUT2D eigenvalue weighted by atomic mass is 10.0. The fraction of sp³-hybridized carbons (Fsp3) is 0.750. The van der Waals surface area contributed by atoms with E-state index in [4.69, 9.17) is 5.11 Å². The Morgan fingerprint density at radius 1 is 1.11 bits per heavy atom. The first-order valence-electron chi connectivity index (χ1n) is 6.04. The predicted molar refractivity (Wildman–Crippen MR) is 67.0 cm³/mol. The smallest absolute Gasteiger partial charge is 0.303 e. The van der Waals surface area contributed by atoms with Gasteiger partial charge in [0, 0.05) is 19.9 Å². The lowest BCUT2D eigenvalue weighted by molar-refractivity contribution is -0.137. The summed E-state index contributed by atoms with van der Waals surface area (Å²) in [6.07, 6.45) is 2.26. The molecule has 0 fully saturated rings. The zero-order valence-electron chi connectivity index (χ0n) is 11.2. The largest absolute Gasteiger partial charge is 0.481 e. The molecule has 6 nitrogen and oxygen atoms in total. The maximum Gasteiger partial charge on any atom is 0.303 e. The van der Waals surface area contributed by atoms with Crippen LogP contribution in [0.25, 0.3) is 0 Å². The lowest BCUT2D eigenvalue weighted by Crippen LogP contribution is -2.54. The van der Waals surface area contributed by atoms with E-state index >= 15 is 0 Å². The van der Waals surface area contributed by atoms with Crippen LogP contribution in [0, 0.1) is 0 Å². The van der Waals surface area contributed by atoms with Gasteiger partial charge in [-0.25, -0.2) is 0 Å². The molecule has 0 rings (SSSR count). The number of carboxylic acid groups (broad SMARTS) is 1. The Balaban J connectivity index is 3.76. The topological polar surface area (TPSA) is 95.5 Å². The third-order valence-electron chi connectivity index (χ3n) is 2.41. The molecule has 0 aliphatic heterocycles. The van der Waals surface area contributed by atoms with Crippen molar-refractivity contribution >= 4 is 17.8 Å². The van der Waals surface area contributed by atoms with Crippen LogP contribution in [0.1, 0.15) is 46.5 Å². The maximum absolute atomic E-state index is 11.7. The fourth-order valence-corrected chi connectivity index (χ4v) is 1.50. The third-order valence-corrected chi connectivity index (χ3v) is 2.41. The standard InChI is InChI=1S/C12H22N2O4/c1-9(15)14-12(2,3)11(18)13-8-6-4-5-7-10(16)17/h4-8H2,1-3H3,(H,13,18)(H,14,15)(H,16,17).